The maximum Gasteiger partial charge on any atom is 0.243 e. The van der Waals surface area contributed by atoms with Crippen molar-refractivity contribution in [3.05, 3.63) is 0 Å². The second-order valence-electron chi connectivity index (χ2n) is 10.3. The molecular weight excluding hydrogens is 472 g/mol. The molecule has 10 nitrogen and oxygen atoms in total. The zero-order valence-electron chi connectivity index (χ0n) is 23.1. The highest BCUT2D eigenvalue weighted by atomic mass is 16.2. The molecule has 1 saturated heterocycles. The predicted octanol–water partition coefficient (Wildman–Crippen LogP) is 1.75. The molecule has 214 valence electrons. The van der Waals surface area contributed by atoms with Crippen LogP contribution in [0.1, 0.15) is 110 Å². The third kappa shape index (κ3) is 14.4. The van der Waals surface area contributed by atoms with Gasteiger partial charge in [-0.05, 0) is 65.0 Å². The van der Waals surface area contributed by atoms with Gasteiger partial charge in [0.25, 0.3) is 0 Å². The number of unbranched alkanes of at least 4 members (excludes halogenated alkanes) is 8. The summed E-state index contributed by atoms with van der Waals surface area (Å²) in [5, 5.41) is 11.4. The van der Waals surface area contributed by atoms with Crippen LogP contribution < -0.4 is 32.7 Å². The Hall–Kier alpha value is -2.20. The van der Waals surface area contributed by atoms with Gasteiger partial charge in [0.1, 0.15) is 18.1 Å². The number of nitrogens with two attached hydrogens (primary N) is 2. The Labute approximate surface area is 223 Å². The van der Waals surface area contributed by atoms with E-state index in [2.05, 4.69) is 28.2 Å². The largest absolute Gasteiger partial charge is 0.351 e. The summed E-state index contributed by atoms with van der Waals surface area (Å²) in [6.45, 7) is 4.77. The lowest BCUT2D eigenvalue weighted by molar-refractivity contribution is -0.133. The number of carbonyl (C=O) groups is 4. The molecule has 10 heteroatoms. The summed E-state index contributed by atoms with van der Waals surface area (Å²) in [6.07, 6.45) is 12.3. The molecule has 0 spiro atoms. The molecule has 0 radical (unpaired) electrons. The van der Waals surface area contributed by atoms with E-state index in [0.717, 1.165) is 25.7 Å². The van der Waals surface area contributed by atoms with E-state index in [4.69, 9.17) is 11.5 Å². The van der Waals surface area contributed by atoms with Gasteiger partial charge in [0.05, 0.1) is 0 Å². The first kappa shape index (κ1) is 32.8. The second kappa shape index (κ2) is 19.9. The highest BCUT2D eigenvalue weighted by molar-refractivity contribution is 5.94. The van der Waals surface area contributed by atoms with Crippen molar-refractivity contribution in [1.29, 1.82) is 0 Å². The van der Waals surface area contributed by atoms with Crippen LogP contribution in [0.25, 0.3) is 0 Å². The minimum atomic E-state index is -0.813. The maximum absolute atomic E-state index is 13.3. The van der Waals surface area contributed by atoms with Crippen LogP contribution in [-0.4, -0.2) is 60.9 Å². The number of carbonyl (C=O) groups excluding carboxylic acids is 4. The van der Waals surface area contributed by atoms with Crippen LogP contribution >= 0.6 is 0 Å². The molecule has 0 aliphatic carbocycles. The molecule has 0 bridgehead atoms. The van der Waals surface area contributed by atoms with E-state index < -0.39 is 29.9 Å². The van der Waals surface area contributed by atoms with Crippen molar-refractivity contribution in [3.63, 3.8) is 0 Å². The Bertz CT molecular complexity index is 690. The van der Waals surface area contributed by atoms with Crippen molar-refractivity contribution in [2.45, 2.75) is 134 Å². The molecular formula is C27H52N6O4. The van der Waals surface area contributed by atoms with Crippen LogP contribution in [0.2, 0.25) is 0 Å². The normalized spacial score (nSPS) is 23.7. The van der Waals surface area contributed by atoms with Gasteiger partial charge in [-0.25, -0.2) is 0 Å². The molecule has 1 aliphatic heterocycles. The van der Waals surface area contributed by atoms with E-state index in [0.29, 0.717) is 51.6 Å². The Morgan fingerprint density at radius 2 is 1.11 bits per heavy atom. The number of nitrogens with one attached hydrogen (secondary N) is 4. The van der Waals surface area contributed by atoms with Gasteiger partial charge < -0.3 is 32.7 Å². The average molecular weight is 525 g/mol. The van der Waals surface area contributed by atoms with Crippen molar-refractivity contribution < 1.29 is 19.2 Å². The number of hydrogen-bond acceptors (Lipinski definition) is 6. The summed E-state index contributed by atoms with van der Waals surface area (Å²) in [6, 6.07) is -2.74. The summed E-state index contributed by atoms with van der Waals surface area (Å²) >= 11 is 0. The Kier molecular flexibility index (Phi) is 17.6. The quantitative estimate of drug-likeness (QED) is 0.168. The molecule has 1 aliphatic rings. The fraction of sp³-hybridized carbons (Fsp3) is 0.852. The smallest absolute Gasteiger partial charge is 0.243 e. The van der Waals surface area contributed by atoms with Gasteiger partial charge in [0.15, 0.2) is 0 Å². The van der Waals surface area contributed by atoms with Crippen molar-refractivity contribution in [1.82, 2.24) is 21.3 Å². The molecule has 4 atom stereocenters. The molecule has 0 saturated carbocycles. The van der Waals surface area contributed by atoms with Crippen molar-refractivity contribution in [2.24, 2.45) is 11.5 Å². The monoisotopic (exact) mass is 524 g/mol. The van der Waals surface area contributed by atoms with E-state index in [-0.39, 0.29) is 24.3 Å². The van der Waals surface area contributed by atoms with E-state index in [1.54, 1.807) is 6.92 Å². The first-order valence-corrected chi connectivity index (χ1v) is 14.4. The summed E-state index contributed by atoms with van der Waals surface area (Å²) in [5.74, 6) is -1.43. The minimum absolute atomic E-state index is 0.0859. The molecule has 8 N–H and O–H groups in total. The fourth-order valence-electron chi connectivity index (χ4n) is 4.56. The lowest BCUT2D eigenvalue weighted by atomic mass is 10.0. The summed E-state index contributed by atoms with van der Waals surface area (Å²) in [5.41, 5.74) is 11.2. The second-order valence-corrected chi connectivity index (χ2v) is 10.3. The third-order valence-electron chi connectivity index (χ3n) is 6.86. The van der Waals surface area contributed by atoms with Crippen LogP contribution in [0.4, 0.5) is 0 Å². The highest BCUT2D eigenvalue weighted by Gasteiger charge is 2.30. The minimum Gasteiger partial charge on any atom is -0.351 e. The molecule has 37 heavy (non-hydrogen) atoms. The van der Waals surface area contributed by atoms with Crippen molar-refractivity contribution in [3.8, 4) is 0 Å². The van der Waals surface area contributed by atoms with Crippen LogP contribution in [-0.2, 0) is 19.2 Å². The van der Waals surface area contributed by atoms with E-state index in [9.17, 15) is 19.2 Å². The number of rotatable bonds is 16. The molecule has 1 rings (SSSR count). The molecule has 4 amide bonds. The SMILES string of the molecule is CCCCCCCCC[C@@H]1CC(=O)N[C@@H](C)C(=O)N[C@@H](CCCCN)C(=O)N[C@@H](CCCCN)C(=O)N1. The number of amides is 4. The lowest BCUT2D eigenvalue weighted by Crippen LogP contribution is -2.55. The number of hydrogen-bond donors (Lipinski definition) is 6. The van der Waals surface area contributed by atoms with Gasteiger partial charge in [0, 0.05) is 12.5 Å². The molecule has 0 aromatic heterocycles. The molecule has 1 fully saturated rings. The van der Waals surface area contributed by atoms with Gasteiger partial charge in [-0.3, -0.25) is 19.2 Å². The van der Waals surface area contributed by atoms with Gasteiger partial charge in [0.2, 0.25) is 23.6 Å². The molecule has 1 heterocycles. The predicted molar refractivity (Wildman–Crippen MR) is 146 cm³/mol. The van der Waals surface area contributed by atoms with Crippen LogP contribution in [0, 0.1) is 0 Å². The summed E-state index contributed by atoms with van der Waals surface area (Å²) < 4.78 is 0. The summed E-state index contributed by atoms with van der Waals surface area (Å²) in [7, 11) is 0. The summed E-state index contributed by atoms with van der Waals surface area (Å²) in [4.78, 5) is 52.0. The zero-order chi connectivity index (χ0) is 27.5. The highest BCUT2D eigenvalue weighted by Crippen LogP contribution is 2.13. The van der Waals surface area contributed by atoms with E-state index in [1.807, 2.05) is 0 Å². The Balaban J connectivity index is 2.99. The van der Waals surface area contributed by atoms with Crippen LogP contribution in [0.3, 0.4) is 0 Å². The van der Waals surface area contributed by atoms with Gasteiger partial charge in [-0.15, -0.1) is 0 Å². The van der Waals surface area contributed by atoms with Gasteiger partial charge in [-0.2, -0.15) is 0 Å². The average Bonchev–Trinajstić information content (AvgIpc) is 2.86. The fourth-order valence-corrected chi connectivity index (χ4v) is 4.56. The van der Waals surface area contributed by atoms with E-state index >= 15 is 0 Å². The standard InChI is InChI=1S/C27H52N6O4/c1-3-4-5-6-7-8-9-14-21-19-24(34)30-20(2)25(35)32-23(16-11-13-18-29)27(37)33-22(26(36)31-21)15-10-12-17-28/h20-23H,3-19,28-29H2,1-2H3,(H,30,34)(H,31,36)(H,32,35)(H,33,37)/t20-,21+,22-,23-/m0/s1. The van der Waals surface area contributed by atoms with Crippen molar-refractivity contribution in [2.75, 3.05) is 13.1 Å². The van der Waals surface area contributed by atoms with Crippen molar-refractivity contribution >= 4 is 23.6 Å². The molecule has 0 unspecified atom stereocenters. The van der Waals surface area contributed by atoms with E-state index in [1.165, 1.54) is 25.7 Å². The van der Waals surface area contributed by atoms with Crippen LogP contribution in [0.15, 0.2) is 0 Å². The Morgan fingerprint density at radius 1 is 0.622 bits per heavy atom. The first-order valence-electron chi connectivity index (χ1n) is 14.4. The molecule has 0 aromatic carbocycles. The van der Waals surface area contributed by atoms with Gasteiger partial charge >= 0.3 is 0 Å². The zero-order valence-corrected chi connectivity index (χ0v) is 23.1. The lowest BCUT2D eigenvalue weighted by Gasteiger charge is -2.25. The van der Waals surface area contributed by atoms with Crippen LogP contribution in [0.5, 0.6) is 0 Å². The Morgan fingerprint density at radius 3 is 1.68 bits per heavy atom. The molecule has 0 aromatic rings. The third-order valence-corrected chi connectivity index (χ3v) is 6.86. The van der Waals surface area contributed by atoms with Gasteiger partial charge in [-0.1, -0.05) is 51.9 Å². The topological polar surface area (TPSA) is 168 Å². The first-order chi connectivity index (χ1) is 17.8. The maximum atomic E-state index is 13.3.